The standard InChI is InChI=1S/C18H14N2O2S2/c1-3-10-20-15-8-6-13(22-2)12-16(15)24-18(20)19-17(21)9-7-14-5-4-11-23-14/h1,4-9,11-12H,10H2,2H3/b9-7+,19-18?. The minimum atomic E-state index is -0.312. The number of ether oxygens (including phenoxy) is 1. The fourth-order valence-electron chi connectivity index (χ4n) is 2.18. The molecule has 0 aliphatic carbocycles. The van der Waals surface area contributed by atoms with Crippen LogP contribution in [-0.2, 0) is 11.3 Å². The Kier molecular flexibility index (Phi) is 4.94. The van der Waals surface area contributed by atoms with Crippen LogP contribution in [0.1, 0.15) is 4.88 Å². The lowest BCUT2D eigenvalue weighted by Gasteiger charge is -2.01. The number of thiophene rings is 1. The first-order valence-corrected chi connectivity index (χ1v) is 8.82. The number of terminal acetylenes is 1. The Morgan fingerprint density at radius 1 is 1.46 bits per heavy atom. The van der Waals surface area contributed by atoms with Crippen molar-refractivity contribution in [2.24, 2.45) is 4.99 Å². The van der Waals surface area contributed by atoms with Crippen molar-refractivity contribution in [1.29, 1.82) is 0 Å². The Bertz CT molecular complexity index is 1000. The molecule has 0 atom stereocenters. The number of methoxy groups -OCH3 is 1. The molecule has 0 unspecified atom stereocenters. The summed E-state index contributed by atoms with van der Waals surface area (Å²) in [4.78, 5) is 17.9. The van der Waals surface area contributed by atoms with E-state index < -0.39 is 0 Å². The van der Waals surface area contributed by atoms with Gasteiger partial charge in [0, 0.05) is 11.0 Å². The van der Waals surface area contributed by atoms with Crippen LogP contribution in [0.25, 0.3) is 16.3 Å². The van der Waals surface area contributed by atoms with E-state index in [-0.39, 0.29) is 5.91 Å². The zero-order chi connectivity index (χ0) is 16.9. The third kappa shape index (κ3) is 3.48. The Hall–Kier alpha value is -2.62. The highest BCUT2D eigenvalue weighted by atomic mass is 32.1. The summed E-state index contributed by atoms with van der Waals surface area (Å²) in [7, 11) is 1.62. The molecule has 120 valence electrons. The Labute approximate surface area is 147 Å². The zero-order valence-electron chi connectivity index (χ0n) is 12.9. The van der Waals surface area contributed by atoms with Crippen LogP contribution in [-0.4, -0.2) is 17.6 Å². The van der Waals surface area contributed by atoms with Gasteiger partial charge >= 0.3 is 0 Å². The number of benzene rings is 1. The largest absolute Gasteiger partial charge is 0.497 e. The van der Waals surface area contributed by atoms with Gasteiger partial charge < -0.3 is 9.30 Å². The summed E-state index contributed by atoms with van der Waals surface area (Å²) in [6.45, 7) is 0.354. The van der Waals surface area contributed by atoms with Gasteiger partial charge in [-0.2, -0.15) is 4.99 Å². The molecule has 0 saturated heterocycles. The number of nitrogens with zero attached hydrogens (tertiary/aromatic N) is 2. The molecule has 0 radical (unpaired) electrons. The highest BCUT2D eigenvalue weighted by molar-refractivity contribution is 7.16. The second kappa shape index (κ2) is 7.30. The van der Waals surface area contributed by atoms with Gasteiger partial charge in [0.05, 0.1) is 23.9 Å². The van der Waals surface area contributed by atoms with Gasteiger partial charge in [0.15, 0.2) is 4.80 Å². The number of carbonyl (C=O) groups excluding carboxylic acids is 1. The van der Waals surface area contributed by atoms with Gasteiger partial charge in [-0.3, -0.25) is 4.79 Å². The van der Waals surface area contributed by atoms with E-state index in [9.17, 15) is 4.79 Å². The topological polar surface area (TPSA) is 43.6 Å². The molecule has 3 aromatic rings. The van der Waals surface area contributed by atoms with Crippen LogP contribution in [0.3, 0.4) is 0 Å². The summed E-state index contributed by atoms with van der Waals surface area (Å²) in [5.41, 5.74) is 0.938. The van der Waals surface area contributed by atoms with Gasteiger partial charge in [-0.1, -0.05) is 23.3 Å². The van der Waals surface area contributed by atoms with Crippen molar-refractivity contribution in [3.63, 3.8) is 0 Å². The van der Waals surface area contributed by atoms with Crippen molar-refractivity contribution in [1.82, 2.24) is 4.57 Å². The molecule has 0 saturated carbocycles. The van der Waals surface area contributed by atoms with Crippen molar-refractivity contribution in [2.75, 3.05) is 7.11 Å². The first kappa shape index (κ1) is 16.2. The Morgan fingerprint density at radius 2 is 2.33 bits per heavy atom. The van der Waals surface area contributed by atoms with E-state index in [4.69, 9.17) is 11.2 Å². The minimum absolute atomic E-state index is 0.312. The van der Waals surface area contributed by atoms with Crippen molar-refractivity contribution in [3.8, 4) is 18.1 Å². The molecule has 2 heterocycles. The molecular formula is C18H14N2O2S2. The Morgan fingerprint density at radius 3 is 3.04 bits per heavy atom. The third-order valence-electron chi connectivity index (χ3n) is 3.28. The quantitative estimate of drug-likeness (QED) is 0.531. The molecule has 0 spiro atoms. The minimum Gasteiger partial charge on any atom is -0.497 e. The van der Waals surface area contributed by atoms with Gasteiger partial charge in [0.2, 0.25) is 0 Å². The fourth-order valence-corrected chi connectivity index (χ4v) is 3.86. The van der Waals surface area contributed by atoms with E-state index in [0.717, 1.165) is 20.8 Å². The molecule has 6 heteroatoms. The van der Waals surface area contributed by atoms with E-state index in [1.54, 1.807) is 24.5 Å². The smallest absolute Gasteiger partial charge is 0.272 e. The van der Waals surface area contributed by atoms with Crippen LogP contribution in [0.4, 0.5) is 0 Å². The molecule has 2 aromatic heterocycles. The monoisotopic (exact) mass is 354 g/mol. The number of amides is 1. The lowest BCUT2D eigenvalue weighted by Crippen LogP contribution is -2.15. The number of aromatic nitrogens is 1. The lowest BCUT2D eigenvalue weighted by atomic mass is 10.3. The second-order valence-corrected chi connectivity index (χ2v) is 6.80. The molecule has 3 rings (SSSR count). The molecule has 0 N–H and O–H groups in total. The van der Waals surface area contributed by atoms with Crippen LogP contribution in [0.15, 0.2) is 46.8 Å². The highest BCUT2D eigenvalue weighted by Crippen LogP contribution is 2.23. The average Bonchev–Trinajstić information content (AvgIpc) is 3.21. The molecule has 1 aromatic carbocycles. The lowest BCUT2D eigenvalue weighted by molar-refractivity contribution is -0.113. The number of fused-ring (bicyclic) bond motifs is 1. The summed E-state index contributed by atoms with van der Waals surface area (Å²) in [5, 5.41) is 1.96. The van der Waals surface area contributed by atoms with Crippen LogP contribution < -0.4 is 9.54 Å². The summed E-state index contributed by atoms with van der Waals surface area (Å²) in [5.74, 6) is 3.05. The molecule has 24 heavy (non-hydrogen) atoms. The predicted octanol–water partition coefficient (Wildman–Crippen LogP) is 3.55. The summed E-state index contributed by atoms with van der Waals surface area (Å²) >= 11 is 2.98. The highest BCUT2D eigenvalue weighted by Gasteiger charge is 2.07. The second-order valence-electron chi connectivity index (χ2n) is 4.81. The van der Waals surface area contributed by atoms with E-state index >= 15 is 0 Å². The van der Waals surface area contributed by atoms with E-state index in [2.05, 4.69) is 10.9 Å². The van der Waals surface area contributed by atoms with Crippen LogP contribution in [0.2, 0.25) is 0 Å². The van der Waals surface area contributed by atoms with Gasteiger partial charge in [0.1, 0.15) is 5.75 Å². The van der Waals surface area contributed by atoms with Gasteiger partial charge in [-0.15, -0.1) is 17.8 Å². The molecular weight excluding hydrogens is 340 g/mol. The SMILES string of the molecule is C#CCn1c(=NC(=O)/C=C/c2cccs2)sc2cc(OC)ccc21. The average molecular weight is 354 g/mol. The third-order valence-corrected chi connectivity index (χ3v) is 5.16. The fraction of sp³-hybridized carbons (Fsp3) is 0.111. The van der Waals surface area contributed by atoms with Crippen molar-refractivity contribution < 1.29 is 9.53 Å². The van der Waals surface area contributed by atoms with E-state index in [0.29, 0.717) is 11.3 Å². The zero-order valence-corrected chi connectivity index (χ0v) is 14.6. The van der Waals surface area contributed by atoms with Crippen molar-refractivity contribution >= 4 is 44.9 Å². The Balaban J connectivity index is 2.02. The molecule has 0 fully saturated rings. The van der Waals surface area contributed by atoms with Crippen molar-refractivity contribution in [2.45, 2.75) is 6.54 Å². The summed E-state index contributed by atoms with van der Waals surface area (Å²) < 4.78 is 8.07. The van der Waals surface area contributed by atoms with Crippen molar-refractivity contribution in [3.05, 3.63) is 51.5 Å². The molecule has 0 aliphatic rings. The predicted molar refractivity (Wildman–Crippen MR) is 99.1 cm³/mol. The first-order valence-electron chi connectivity index (χ1n) is 7.12. The normalized spacial score (nSPS) is 11.9. The maximum atomic E-state index is 12.1. The number of carbonyl (C=O) groups is 1. The summed E-state index contributed by atoms with van der Waals surface area (Å²) in [6.07, 6.45) is 8.69. The number of hydrogen-bond acceptors (Lipinski definition) is 4. The van der Waals surface area contributed by atoms with Crippen LogP contribution >= 0.6 is 22.7 Å². The maximum Gasteiger partial charge on any atom is 0.272 e. The molecule has 0 aliphatic heterocycles. The van der Waals surface area contributed by atoms with Crippen LogP contribution in [0.5, 0.6) is 5.75 Å². The van der Waals surface area contributed by atoms with Gasteiger partial charge in [-0.25, -0.2) is 0 Å². The van der Waals surface area contributed by atoms with Crippen LogP contribution in [0, 0.1) is 12.3 Å². The summed E-state index contributed by atoms with van der Waals surface area (Å²) in [6, 6.07) is 9.58. The molecule has 0 bridgehead atoms. The number of rotatable bonds is 4. The van der Waals surface area contributed by atoms with E-state index in [1.165, 1.54) is 17.4 Å². The maximum absolute atomic E-state index is 12.1. The molecule has 4 nitrogen and oxygen atoms in total. The van der Waals surface area contributed by atoms with E-state index in [1.807, 2.05) is 40.3 Å². The first-order chi connectivity index (χ1) is 11.7. The number of thiazole rings is 1. The molecule has 1 amide bonds. The van der Waals surface area contributed by atoms with Gasteiger partial charge in [0.25, 0.3) is 5.91 Å². The van der Waals surface area contributed by atoms with Gasteiger partial charge in [-0.05, 0) is 35.7 Å². The number of hydrogen-bond donors (Lipinski definition) is 0.